The van der Waals surface area contributed by atoms with Gasteiger partial charge in [0.1, 0.15) is 5.82 Å². The predicted octanol–water partition coefficient (Wildman–Crippen LogP) is 7.20. The maximum absolute atomic E-state index is 15.0. The van der Waals surface area contributed by atoms with Gasteiger partial charge in [0.25, 0.3) is 5.92 Å². The van der Waals surface area contributed by atoms with Gasteiger partial charge in [-0.3, -0.25) is 0 Å². The maximum atomic E-state index is 15.0. The molecule has 0 amide bonds. The zero-order valence-corrected chi connectivity index (χ0v) is 17.6. The van der Waals surface area contributed by atoms with Crippen molar-refractivity contribution in [2.75, 3.05) is 0 Å². The molecule has 4 heteroatoms. The summed E-state index contributed by atoms with van der Waals surface area (Å²) in [6, 6.07) is 3.02. The lowest BCUT2D eigenvalue weighted by atomic mass is 9.68. The van der Waals surface area contributed by atoms with E-state index in [9.17, 15) is 4.39 Å². The van der Waals surface area contributed by atoms with Gasteiger partial charge in [-0.15, -0.1) is 0 Å². The number of hydrogen-bond donors (Lipinski definition) is 0. The molecule has 0 aliphatic heterocycles. The largest absolute Gasteiger partial charge is 0.279 e. The average molecular weight is 476 g/mol. The molecule has 0 nitrogen and oxygen atoms in total. The van der Waals surface area contributed by atoms with Crippen LogP contribution in [0.3, 0.4) is 0 Å². The van der Waals surface area contributed by atoms with E-state index in [0.29, 0.717) is 12.0 Å². The van der Waals surface area contributed by atoms with Gasteiger partial charge in [-0.25, -0.2) is 13.2 Å². The maximum Gasteiger partial charge on any atom is 0.279 e. The Morgan fingerprint density at radius 2 is 1.42 bits per heavy atom. The molecule has 1 atom stereocenters. The molecule has 0 spiro atoms. The summed E-state index contributed by atoms with van der Waals surface area (Å²) >= 11 is 2.56. The van der Waals surface area contributed by atoms with Crippen LogP contribution in [0, 0.1) is 36.4 Å². The van der Waals surface area contributed by atoms with Crippen LogP contribution >= 0.6 is 22.6 Å². The van der Waals surface area contributed by atoms with Crippen LogP contribution in [0.4, 0.5) is 13.2 Å². The topological polar surface area (TPSA) is 0 Å². The number of hydrogen-bond acceptors (Lipinski definition) is 0. The Hall–Kier alpha value is -0.260. The number of rotatable bonds is 2. The summed E-state index contributed by atoms with van der Waals surface area (Å²) in [6.45, 7) is 1.78. The normalized spacial score (nSPS) is 36.7. The Labute approximate surface area is 168 Å². The SMILES string of the molecule is Cc1cc(F)c2c(c1)CC(C1CCC(C3CCC(I)CC3)CC1)C2(F)F. The second kappa shape index (κ2) is 7.29. The van der Waals surface area contributed by atoms with Crippen molar-refractivity contribution >= 4 is 22.6 Å². The molecular weight excluding hydrogens is 448 g/mol. The molecule has 0 bridgehead atoms. The van der Waals surface area contributed by atoms with E-state index < -0.39 is 17.7 Å². The van der Waals surface area contributed by atoms with Crippen molar-refractivity contribution in [2.24, 2.45) is 23.7 Å². The van der Waals surface area contributed by atoms with E-state index in [1.54, 1.807) is 13.0 Å². The highest BCUT2D eigenvalue weighted by atomic mass is 127. The zero-order valence-electron chi connectivity index (χ0n) is 15.4. The summed E-state index contributed by atoms with van der Waals surface area (Å²) in [5, 5.41) is 0. The first-order chi connectivity index (χ1) is 12.4. The summed E-state index contributed by atoms with van der Waals surface area (Å²) in [6.07, 6.45) is 9.58. The Balaban J connectivity index is 1.43. The van der Waals surface area contributed by atoms with Crippen LogP contribution in [0.15, 0.2) is 12.1 Å². The molecule has 0 heterocycles. The summed E-state index contributed by atoms with van der Waals surface area (Å²) in [7, 11) is 0. The molecule has 26 heavy (non-hydrogen) atoms. The highest BCUT2D eigenvalue weighted by Gasteiger charge is 2.53. The lowest BCUT2D eigenvalue weighted by Gasteiger charge is -2.39. The van der Waals surface area contributed by atoms with Crippen LogP contribution in [-0.2, 0) is 12.3 Å². The number of alkyl halides is 3. The number of fused-ring (bicyclic) bond motifs is 1. The van der Waals surface area contributed by atoms with Gasteiger partial charge < -0.3 is 0 Å². The van der Waals surface area contributed by atoms with Gasteiger partial charge in [-0.1, -0.05) is 28.7 Å². The van der Waals surface area contributed by atoms with E-state index >= 15 is 8.78 Å². The van der Waals surface area contributed by atoms with E-state index in [0.717, 1.165) is 47.0 Å². The van der Waals surface area contributed by atoms with Crippen molar-refractivity contribution in [2.45, 2.75) is 74.6 Å². The fraction of sp³-hybridized carbons (Fsp3) is 0.727. The monoisotopic (exact) mass is 476 g/mol. The van der Waals surface area contributed by atoms with Gasteiger partial charge in [-0.05, 0) is 99.7 Å². The smallest absolute Gasteiger partial charge is 0.206 e. The third kappa shape index (κ3) is 3.44. The lowest BCUT2D eigenvalue weighted by molar-refractivity contribution is -0.0852. The molecule has 4 rings (SSSR count). The van der Waals surface area contributed by atoms with E-state index in [-0.39, 0.29) is 11.5 Å². The predicted molar refractivity (Wildman–Crippen MR) is 107 cm³/mol. The Morgan fingerprint density at radius 3 is 2.04 bits per heavy atom. The summed E-state index contributed by atoms with van der Waals surface area (Å²) < 4.78 is 45.1. The molecule has 1 aromatic carbocycles. The average Bonchev–Trinajstić information content (AvgIpc) is 2.86. The van der Waals surface area contributed by atoms with Crippen LogP contribution in [0.2, 0.25) is 0 Å². The summed E-state index contributed by atoms with van der Waals surface area (Å²) in [4.78, 5) is 0. The zero-order chi connectivity index (χ0) is 18.5. The van der Waals surface area contributed by atoms with Crippen molar-refractivity contribution in [3.63, 3.8) is 0 Å². The van der Waals surface area contributed by atoms with E-state index in [4.69, 9.17) is 0 Å². The quantitative estimate of drug-likeness (QED) is 0.313. The van der Waals surface area contributed by atoms with Crippen LogP contribution in [0.1, 0.15) is 68.1 Å². The Morgan fingerprint density at radius 1 is 0.885 bits per heavy atom. The van der Waals surface area contributed by atoms with Gasteiger partial charge >= 0.3 is 0 Å². The van der Waals surface area contributed by atoms with Crippen LogP contribution in [0.5, 0.6) is 0 Å². The molecule has 2 saturated carbocycles. The van der Waals surface area contributed by atoms with E-state index in [1.165, 1.54) is 31.7 Å². The van der Waals surface area contributed by atoms with Crippen molar-refractivity contribution in [3.05, 3.63) is 34.6 Å². The van der Waals surface area contributed by atoms with Crippen molar-refractivity contribution in [1.29, 1.82) is 0 Å². The molecule has 1 aromatic rings. The second-order valence-electron chi connectivity index (χ2n) is 8.90. The first-order valence-electron chi connectivity index (χ1n) is 10.2. The van der Waals surface area contributed by atoms with Gasteiger partial charge in [0.2, 0.25) is 0 Å². The number of benzene rings is 1. The molecule has 144 valence electrons. The minimum absolute atomic E-state index is 0.0364. The van der Waals surface area contributed by atoms with Crippen LogP contribution in [-0.4, -0.2) is 3.92 Å². The first-order valence-corrected chi connectivity index (χ1v) is 11.4. The fourth-order valence-electron chi connectivity index (χ4n) is 5.93. The van der Waals surface area contributed by atoms with Gasteiger partial charge in [0.05, 0.1) is 5.56 Å². The van der Waals surface area contributed by atoms with Gasteiger partial charge in [0.15, 0.2) is 0 Å². The molecule has 0 saturated heterocycles. The molecule has 1 unspecified atom stereocenters. The lowest BCUT2D eigenvalue weighted by Crippen LogP contribution is -2.33. The first kappa shape index (κ1) is 19.1. The molecule has 3 aliphatic carbocycles. The fourth-order valence-corrected chi connectivity index (χ4v) is 6.65. The number of aryl methyl sites for hydroxylation is 1. The van der Waals surface area contributed by atoms with Crippen LogP contribution in [0.25, 0.3) is 0 Å². The molecule has 3 aliphatic rings. The summed E-state index contributed by atoms with van der Waals surface area (Å²) in [5.74, 6) is -2.86. The minimum Gasteiger partial charge on any atom is -0.206 e. The highest BCUT2D eigenvalue weighted by Crippen LogP contribution is 2.54. The Kier molecular flexibility index (Phi) is 5.35. The van der Waals surface area contributed by atoms with Gasteiger partial charge in [0, 0.05) is 9.84 Å². The molecule has 2 fully saturated rings. The second-order valence-corrected chi connectivity index (χ2v) is 10.7. The van der Waals surface area contributed by atoms with Crippen LogP contribution < -0.4 is 0 Å². The third-order valence-electron chi connectivity index (χ3n) is 7.31. The third-order valence-corrected chi connectivity index (χ3v) is 8.55. The minimum atomic E-state index is -3.01. The van der Waals surface area contributed by atoms with E-state index in [2.05, 4.69) is 22.6 Å². The molecule has 0 radical (unpaired) electrons. The highest BCUT2D eigenvalue weighted by molar-refractivity contribution is 14.1. The van der Waals surface area contributed by atoms with E-state index in [1.807, 2.05) is 0 Å². The number of halogens is 4. The van der Waals surface area contributed by atoms with Crippen molar-refractivity contribution < 1.29 is 13.2 Å². The summed E-state index contributed by atoms with van der Waals surface area (Å²) in [5.41, 5.74) is 0.975. The van der Waals surface area contributed by atoms with Crippen molar-refractivity contribution in [3.8, 4) is 0 Å². The van der Waals surface area contributed by atoms with Gasteiger partial charge in [-0.2, -0.15) is 0 Å². The Bertz CT molecular complexity index is 656. The molecular formula is C22H28F3I. The molecule has 0 N–H and O–H groups in total. The standard InChI is InChI=1S/C22H28F3I/c1-13-10-17-12-19(22(24,25)21(17)20(23)11-13)16-4-2-14(3-5-16)15-6-8-18(26)9-7-15/h10-11,14-16,18-19H,2-9,12H2,1H3. The molecule has 0 aromatic heterocycles. The van der Waals surface area contributed by atoms with Crippen molar-refractivity contribution in [1.82, 2.24) is 0 Å².